The van der Waals surface area contributed by atoms with E-state index in [2.05, 4.69) is 12.2 Å². The summed E-state index contributed by atoms with van der Waals surface area (Å²) in [6.45, 7) is 4.63. The summed E-state index contributed by atoms with van der Waals surface area (Å²) in [6, 6.07) is 3.82. The molecule has 2 N–H and O–H groups in total. The molecule has 2 rings (SSSR count). The monoisotopic (exact) mass is 357 g/mol. The predicted molar refractivity (Wildman–Crippen MR) is 90.4 cm³/mol. The summed E-state index contributed by atoms with van der Waals surface area (Å²) in [5.41, 5.74) is -0.130. The Bertz CT molecular complexity index is 697. The van der Waals surface area contributed by atoms with Crippen molar-refractivity contribution in [2.24, 2.45) is 5.92 Å². The maximum absolute atomic E-state index is 12.7. The van der Waals surface area contributed by atoms with E-state index < -0.39 is 21.1 Å². The van der Waals surface area contributed by atoms with E-state index in [1.54, 1.807) is 6.92 Å². The van der Waals surface area contributed by atoms with Crippen LogP contribution in [0.3, 0.4) is 0 Å². The predicted octanol–water partition coefficient (Wildman–Crippen LogP) is 1.81. The second-order valence-electron chi connectivity index (χ2n) is 6.25. The molecule has 1 heterocycles. The van der Waals surface area contributed by atoms with Gasteiger partial charge in [0.15, 0.2) is 0 Å². The normalized spacial score (nSPS) is 18.3. The first-order valence-electron chi connectivity index (χ1n) is 7.92. The molecule has 1 saturated heterocycles. The summed E-state index contributed by atoms with van der Waals surface area (Å²) in [6.07, 6.45) is 0.897. The highest BCUT2D eigenvalue weighted by molar-refractivity contribution is 7.89. The van der Waals surface area contributed by atoms with Gasteiger partial charge in [0.05, 0.1) is 15.9 Å². The molecule has 0 aliphatic carbocycles. The lowest BCUT2D eigenvalue weighted by Gasteiger charge is -2.29. The Morgan fingerprint density at radius 3 is 2.58 bits per heavy atom. The molecule has 0 bridgehead atoms. The molecule has 0 amide bonds. The minimum atomic E-state index is -3.74. The molecule has 1 aromatic carbocycles. The minimum absolute atomic E-state index is 0.0775. The van der Waals surface area contributed by atoms with Crippen LogP contribution < -0.4 is 5.32 Å². The molecule has 0 saturated carbocycles. The molecule has 1 atom stereocenters. The summed E-state index contributed by atoms with van der Waals surface area (Å²) in [4.78, 5) is 10.6. The molecule has 134 valence electrons. The van der Waals surface area contributed by atoms with E-state index in [0.29, 0.717) is 19.0 Å². The molecule has 1 unspecified atom stereocenters. The van der Waals surface area contributed by atoms with Gasteiger partial charge in [-0.2, -0.15) is 4.31 Å². The fourth-order valence-corrected chi connectivity index (χ4v) is 4.09. The lowest BCUT2D eigenvalue weighted by atomic mass is 10.0. The van der Waals surface area contributed by atoms with Gasteiger partial charge in [0.2, 0.25) is 10.0 Å². The number of nitro groups is 1. The van der Waals surface area contributed by atoms with Crippen LogP contribution in [0.25, 0.3) is 0 Å². The summed E-state index contributed by atoms with van der Waals surface area (Å²) in [7, 11) is -3.74. The highest BCUT2D eigenvalue weighted by atomic mass is 32.2. The Morgan fingerprint density at radius 1 is 1.42 bits per heavy atom. The quantitative estimate of drug-likeness (QED) is 0.593. The Labute approximate surface area is 141 Å². The largest absolute Gasteiger partial charge is 0.392 e. The molecule has 1 fully saturated rings. The fraction of sp³-hybridized carbons (Fsp3) is 0.600. The third-order valence-corrected chi connectivity index (χ3v) is 6.03. The van der Waals surface area contributed by atoms with Crippen LogP contribution in [0, 0.1) is 16.0 Å². The van der Waals surface area contributed by atoms with Gasteiger partial charge < -0.3 is 10.4 Å². The second-order valence-corrected chi connectivity index (χ2v) is 8.19. The Balaban J connectivity index is 2.30. The standard InChI is InChI=1S/C15H23N3O5S/c1-11-5-7-17(8-6-11)24(22,23)13-3-4-14(16-10-12(2)19)15(9-13)18(20)21/h3-4,9,11-12,16,19H,5-8,10H2,1-2H3. The first-order chi connectivity index (χ1) is 11.2. The number of rotatable bonds is 6. The number of piperidine rings is 1. The van der Waals surface area contributed by atoms with Crippen LogP contribution in [0.5, 0.6) is 0 Å². The molecule has 0 radical (unpaired) electrons. The zero-order chi connectivity index (χ0) is 17.9. The lowest BCUT2D eigenvalue weighted by Crippen LogP contribution is -2.37. The van der Waals surface area contributed by atoms with Crippen molar-refractivity contribution >= 4 is 21.4 Å². The SMILES string of the molecule is CC(O)CNc1ccc(S(=O)(=O)N2CCC(C)CC2)cc1[N+](=O)[O-]. The van der Waals surface area contributed by atoms with Gasteiger partial charge in [-0.25, -0.2) is 8.42 Å². The number of hydrogen-bond donors (Lipinski definition) is 2. The van der Waals surface area contributed by atoms with E-state index in [1.165, 1.54) is 16.4 Å². The van der Waals surface area contributed by atoms with E-state index in [1.807, 2.05) is 0 Å². The first kappa shape index (κ1) is 18.6. The van der Waals surface area contributed by atoms with Crippen LogP contribution in [-0.2, 0) is 10.0 Å². The van der Waals surface area contributed by atoms with E-state index in [4.69, 9.17) is 0 Å². The molecule has 1 aromatic rings. The van der Waals surface area contributed by atoms with Crippen molar-refractivity contribution < 1.29 is 18.4 Å². The van der Waals surface area contributed by atoms with Crippen LogP contribution in [-0.4, -0.2) is 48.5 Å². The Kier molecular flexibility index (Phi) is 5.79. The zero-order valence-corrected chi connectivity index (χ0v) is 14.6. The van der Waals surface area contributed by atoms with E-state index in [0.717, 1.165) is 18.9 Å². The van der Waals surface area contributed by atoms with Crippen LogP contribution in [0.1, 0.15) is 26.7 Å². The van der Waals surface area contributed by atoms with E-state index in [9.17, 15) is 23.6 Å². The van der Waals surface area contributed by atoms with Gasteiger partial charge >= 0.3 is 0 Å². The molecule has 9 heteroatoms. The van der Waals surface area contributed by atoms with Gasteiger partial charge in [0.25, 0.3) is 5.69 Å². The Hall–Kier alpha value is -1.71. The maximum Gasteiger partial charge on any atom is 0.293 e. The fourth-order valence-electron chi connectivity index (χ4n) is 2.60. The summed E-state index contributed by atoms with van der Waals surface area (Å²) < 4.78 is 26.8. The average Bonchev–Trinajstić information content (AvgIpc) is 2.53. The maximum atomic E-state index is 12.7. The minimum Gasteiger partial charge on any atom is -0.392 e. The number of nitro benzene ring substituents is 1. The molecule has 1 aliphatic heterocycles. The van der Waals surface area contributed by atoms with Crippen LogP contribution in [0.2, 0.25) is 0 Å². The molecule has 24 heavy (non-hydrogen) atoms. The van der Waals surface area contributed by atoms with Gasteiger partial charge in [-0.05, 0) is 37.8 Å². The van der Waals surface area contributed by atoms with Crippen molar-refractivity contribution in [3.8, 4) is 0 Å². The molecule has 0 aromatic heterocycles. The number of hydrogen-bond acceptors (Lipinski definition) is 6. The third-order valence-electron chi connectivity index (χ3n) is 4.13. The number of nitrogens with zero attached hydrogens (tertiary/aromatic N) is 2. The van der Waals surface area contributed by atoms with Gasteiger partial charge in [0, 0.05) is 25.7 Å². The summed E-state index contributed by atoms with van der Waals surface area (Å²) in [5, 5.41) is 23.3. The van der Waals surface area contributed by atoms with Gasteiger partial charge in [0.1, 0.15) is 5.69 Å². The van der Waals surface area contributed by atoms with Gasteiger partial charge in [-0.3, -0.25) is 10.1 Å². The number of sulfonamides is 1. The van der Waals surface area contributed by atoms with Crippen molar-refractivity contribution in [1.29, 1.82) is 0 Å². The average molecular weight is 357 g/mol. The highest BCUT2D eigenvalue weighted by Crippen LogP contribution is 2.30. The lowest BCUT2D eigenvalue weighted by molar-refractivity contribution is -0.384. The molecular formula is C15H23N3O5S. The molecular weight excluding hydrogens is 334 g/mol. The van der Waals surface area contributed by atoms with Crippen molar-refractivity contribution in [2.75, 3.05) is 25.0 Å². The first-order valence-corrected chi connectivity index (χ1v) is 9.36. The topological polar surface area (TPSA) is 113 Å². The van der Waals surface area contributed by atoms with Gasteiger partial charge in [-0.15, -0.1) is 0 Å². The molecule has 8 nitrogen and oxygen atoms in total. The summed E-state index contributed by atoms with van der Waals surface area (Å²) in [5.74, 6) is 0.484. The summed E-state index contributed by atoms with van der Waals surface area (Å²) >= 11 is 0. The smallest absolute Gasteiger partial charge is 0.293 e. The van der Waals surface area contributed by atoms with Crippen molar-refractivity contribution in [3.63, 3.8) is 0 Å². The van der Waals surface area contributed by atoms with Crippen molar-refractivity contribution in [1.82, 2.24) is 4.31 Å². The van der Waals surface area contributed by atoms with Gasteiger partial charge in [-0.1, -0.05) is 6.92 Å². The van der Waals surface area contributed by atoms with Crippen LogP contribution in [0.15, 0.2) is 23.1 Å². The zero-order valence-electron chi connectivity index (χ0n) is 13.8. The number of benzene rings is 1. The Morgan fingerprint density at radius 2 is 2.04 bits per heavy atom. The van der Waals surface area contributed by atoms with Crippen LogP contribution in [0.4, 0.5) is 11.4 Å². The molecule has 1 aliphatic rings. The van der Waals surface area contributed by atoms with Crippen molar-refractivity contribution in [3.05, 3.63) is 28.3 Å². The number of aliphatic hydroxyl groups excluding tert-OH is 1. The van der Waals surface area contributed by atoms with Crippen LogP contribution >= 0.6 is 0 Å². The highest BCUT2D eigenvalue weighted by Gasteiger charge is 2.30. The third kappa shape index (κ3) is 4.22. The van der Waals surface area contributed by atoms with Crippen molar-refractivity contribution in [2.45, 2.75) is 37.7 Å². The second kappa shape index (κ2) is 7.45. The number of aliphatic hydroxyl groups is 1. The molecule has 0 spiro atoms. The number of nitrogens with one attached hydrogen (secondary N) is 1. The number of anilines is 1. The van der Waals surface area contributed by atoms with E-state index in [-0.39, 0.29) is 22.8 Å². The van der Waals surface area contributed by atoms with E-state index >= 15 is 0 Å².